The third-order valence-electron chi connectivity index (χ3n) is 7.00. The summed E-state index contributed by atoms with van der Waals surface area (Å²) < 4.78 is 11.0. The lowest BCUT2D eigenvalue weighted by Gasteiger charge is -2.45. The fraction of sp³-hybridized carbons (Fsp3) is 0.458. The van der Waals surface area contributed by atoms with Crippen LogP contribution in [0.5, 0.6) is 11.5 Å². The number of carbonyl (C=O) groups excluding carboxylic acids is 1. The predicted molar refractivity (Wildman–Crippen MR) is 129 cm³/mol. The second kappa shape index (κ2) is 9.38. The van der Waals surface area contributed by atoms with Gasteiger partial charge in [-0.15, -0.1) is 0 Å². The molecule has 2 fully saturated rings. The monoisotopic (exact) mass is 477 g/mol. The molecule has 0 aromatic heterocycles. The van der Waals surface area contributed by atoms with E-state index in [1.165, 1.54) is 5.56 Å². The molecule has 0 spiro atoms. The highest BCUT2D eigenvalue weighted by molar-refractivity contribution is 6.42. The van der Waals surface area contributed by atoms with Crippen molar-refractivity contribution in [2.45, 2.75) is 43.2 Å². The molecule has 2 aromatic carbocycles. The van der Waals surface area contributed by atoms with E-state index in [4.69, 9.17) is 32.7 Å². The number of benzene rings is 2. The standard InChI is InChI=1S/C24H29Cl2N3O3/c1-29-11-10-24(15-4-7-20(31-2)21(12-15)32-3)9-8-17(14-22(24)29)28-23(30)27-16-5-6-18(25)19(26)13-16/h4-7,12-13,17,22H,8-11,14H2,1-3H3,(H2,27,28,30)/t17-,22+,24+/m1/s1. The number of anilines is 1. The van der Waals surface area contributed by atoms with Crippen LogP contribution in [0.1, 0.15) is 31.2 Å². The summed E-state index contributed by atoms with van der Waals surface area (Å²) in [5, 5.41) is 6.88. The van der Waals surface area contributed by atoms with Gasteiger partial charge in [0, 0.05) is 23.2 Å². The molecule has 1 aliphatic carbocycles. The van der Waals surface area contributed by atoms with Gasteiger partial charge < -0.3 is 25.0 Å². The average molecular weight is 478 g/mol. The Morgan fingerprint density at radius 1 is 1.06 bits per heavy atom. The van der Waals surface area contributed by atoms with E-state index in [0.29, 0.717) is 21.8 Å². The summed E-state index contributed by atoms with van der Waals surface area (Å²) in [6, 6.07) is 11.5. The third-order valence-corrected chi connectivity index (χ3v) is 7.74. The zero-order valence-corrected chi connectivity index (χ0v) is 20.1. The minimum absolute atomic E-state index is 0.0483. The molecule has 0 unspecified atom stereocenters. The Balaban J connectivity index is 1.47. The maximum absolute atomic E-state index is 12.6. The van der Waals surface area contributed by atoms with Crippen LogP contribution < -0.4 is 20.1 Å². The molecule has 1 heterocycles. The first-order valence-corrected chi connectivity index (χ1v) is 11.6. The Labute approximate surface area is 199 Å². The molecule has 0 radical (unpaired) electrons. The molecule has 3 atom stereocenters. The van der Waals surface area contributed by atoms with Crippen molar-refractivity contribution in [1.82, 2.24) is 10.2 Å². The third kappa shape index (κ3) is 4.36. The summed E-state index contributed by atoms with van der Waals surface area (Å²) >= 11 is 12.0. The van der Waals surface area contributed by atoms with Crippen LogP contribution in [0.2, 0.25) is 10.0 Å². The summed E-state index contributed by atoms with van der Waals surface area (Å²) in [6.45, 7) is 1.03. The molecule has 172 valence electrons. The molecule has 0 bridgehead atoms. The number of hydrogen-bond acceptors (Lipinski definition) is 4. The molecule has 32 heavy (non-hydrogen) atoms. The Bertz CT molecular complexity index is 1000. The van der Waals surface area contributed by atoms with Crippen molar-refractivity contribution in [3.8, 4) is 11.5 Å². The molecular weight excluding hydrogens is 449 g/mol. The number of halogens is 2. The van der Waals surface area contributed by atoms with Crippen LogP contribution in [0.4, 0.5) is 10.5 Å². The van der Waals surface area contributed by atoms with Gasteiger partial charge in [0.05, 0.1) is 24.3 Å². The van der Waals surface area contributed by atoms with Crippen LogP contribution >= 0.6 is 23.2 Å². The number of ether oxygens (including phenoxy) is 2. The SMILES string of the molecule is COc1ccc([C@@]23CC[C@@H](NC(=O)Nc4ccc(Cl)c(Cl)c4)C[C@@H]2N(C)CC3)cc1OC. The number of rotatable bonds is 5. The Kier molecular flexibility index (Phi) is 6.75. The van der Waals surface area contributed by atoms with Crippen LogP contribution in [0.15, 0.2) is 36.4 Å². The lowest BCUT2D eigenvalue weighted by molar-refractivity contribution is 0.156. The molecule has 1 saturated carbocycles. The Morgan fingerprint density at radius 2 is 1.84 bits per heavy atom. The molecular formula is C24H29Cl2N3O3. The zero-order valence-electron chi connectivity index (χ0n) is 18.6. The van der Waals surface area contributed by atoms with Gasteiger partial charge in [-0.2, -0.15) is 0 Å². The van der Waals surface area contributed by atoms with Gasteiger partial charge >= 0.3 is 6.03 Å². The number of hydrogen-bond donors (Lipinski definition) is 2. The number of nitrogens with zero attached hydrogens (tertiary/aromatic N) is 1. The molecule has 1 aliphatic heterocycles. The number of likely N-dealkylation sites (N-methyl/N-ethyl adjacent to an activating group) is 1. The topological polar surface area (TPSA) is 62.8 Å². The zero-order chi connectivity index (χ0) is 22.9. The Hall–Kier alpha value is -2.15. The molecule has 4 rings (SSSR count). The molecule has 2 aliphatic rings. The largest absolute Gasteiger partial charge is 0.493 e. The van der Waals surface area contributed by atoms with Gasteiger partial charge in [0.1, 0.15) is 0 Å². The molecule has 2 amide bonds. The summed E-state index contributed by atoms with van der Waals surface area (Å²) in [5.41, 5.74) is 1.95. The van der Waals surface area contributed by atoms with E-state index in [9.17, 15) is 4.79 Å². The van der Waals surface area contributed by atoms with Crippen LogP contribution in [-0.4, -0.2) is 50.8 Å². The molecule has 1 saturated heterocycles. The molecule has 2 N–H and O–H groups in total. The number of likely N-dealkylation sites (tertiary alicyclic amines) is 1. The first kappa shape index (κ1) is 23.0. The Morgan fingerprint density at radius 3 is 2.56 bits per heavy atom. The predicted octanol–water partition coefficient (Wildman–Crippen LogP) is 5.33. The van der Waals surface area contributed by atoms with Gasteiger partial charge in [-0.25, -0.2) is 4.79 Å². The maximum atomic E-state index is 12.6. The number of carbonyl (C=O) groups is 1. The number of fused-ring (bicyclic) bond motifs is 1. The van der Waals surface area contributed by atoms with E-state index in [1.54, 1.807) is 32.4 Å². The summed E-state index contributed by atoms with van der Waals surface area (Å²) in [7, 11) is 5.50. The summed E-state index contributed by atoms with van der Waals surface area (Å²) in [6.07, 6.45) is 3.88. The first-order valence-electron chi connectivity index (χ1n) is 10.8. The first-order chi connectivity index (χ1) is 15.4. The van der Waals surface area contributed by atoms with Crippen molar-refractivity contribution in [2.75, 3.05) is 33.1 Å². The van der Waals surface area contributed by atoms with Crippen LogP contribution in [0.25, 0.3) is 0 Å². The quantitative estimate of drug-likeness (QED) is 0.610. The minimum atomic E-state index is -0.229. The number of urea groups is 1. The second-order valence-corrected chi connectivity index (χ2v) is 9.49. The van der Waals surface area contributed by atoms with Crippen molar-refractivity contribution in [1.29, 1.82) is 0 Å². The lowest BCUT2D eigenvalue weighted by atomic mass is 9.65. The van der Waals surface area contributed by atoms with Crippen molar-refractivity contribution in [3.63, 3.8) is 0 Å². The number of methoxy groups -OCH3 is 2. The fourth-order valence-corrected chi connectivity index (χ4v) is 5.62. The fourth-order valence-electron chi connectivity index (χ4n) is 5.32. The van der Waals surface area contributed by atoms with Crippen LogP contribution in [-0.2, 0) is 5.41 Å². The smallest absolute Gasteiger partial charge is 0.319 e. The van der Waals surface area contributed by atoms with Gasteiger partial charge in [0.25, 0.3) is 0 Å². The van der Waals surface area contributed by atoms with E-state index in [2.05, 4.69) is 34.7 Å². The number of amides is 2. The highest BCUT2D eigenvalue weighted by Crippen LogP contribution is 2.49. The molecule has 8 heteroatoms. The van der Waals surface area contributed by atoms with Gasteiger partial charge in [-0.3, -0.25) is 0 Å². The van der Waals surface area contributed by atoms with Gasteiger partial charge in [0.2, 0.25) is 0 Å². The highest BCUT2D eigenvalue weighted by Gasteiger charge is 2.50. The maximum Gasteiger partial charge on any atom is 0.319 e. The molecule has 2 aromatic rings. The number of nitrogens with one attached hydrogen (secondary N) is 2. The van der Waals surface area contributed by atoms with Gasteiger partial charge in [-0.1, -0.05) is 29.3 Å². The minimum Gasteiger partial charge on any atom is -0.493 e. The van der Waals surface area contributed by atoms with Crippen molar-refractivity contribution in [2.24, 2.45) is 0 Å². The van der Waals surface area contributed by atoms with E-state index in [0.717, 1.165) is 43.7 Å². The van der Waals surface area contributed by atoms with Gasteiger partial charge in [0.15, 0.2) is 11.5 Å². The normalized spacial score (nSPS) is 25.2. The van der Waals surface area contributed by atoms with Gasteiger partial charge in [-0.05, 0) is 75.2 Å². The highest BCUT2D eigenvalue weighted by atomic mass is 35.5. The van der Waals surface area contributed by atoms with Crippen molar-refractivity contribution >= 4 is 34.9 Å². The van der Waals surface area contributed by atoms with E-state index >= 15 is 0 Å². The van der Waals surface area contributed by atoms with Crippen LogP contribution in [0, 0.1) is 0 Å². The average Bonchev–Trinajstić information content (AvgIpc) is 3.13. The lowest BCUT2D eigenvalue weighted by Crippen LogP contribution is -2.52. The van der Waals surface area contributed by atoms with Crippen molar-refractivity contribution in [3.05, 3.63) is 52.0 Å². The summed E-state index contributed by atoms with van der Waals surface area (Å²) in [4.78, 5) is 15.0. The van der Waals surface area contributed by atoms with E-state index in [1.807, 2.05) is 6.07 Å². The summed E-state index contributed by atoms with van der Waals surface area (Å²) in [5.74, 6) is 1.50. The van der Waals surface area contributed by atoms with Crippen LogP contribution in [0.3, 0.4) is 0 Å². The molecule has 6 nitrogen and oxygen atoms in total. The van der Waals surface area contributed by atoms with E-state index in [-0.39, 0.29) is 17.5 Å². The van der Waals surface area contributed by atoms with Crippen molar-refractivity contribution < 1.29 is 14.3 Å². The van der Waals surface area contributed by atoms with E-state index < -0.39 is 0 Å². The second-order valence-electron chi connectivity index (χ2n) is 8.67.